The topological polar surface area (TPSA) is 50.4 Å². The first-order valence-electron chi connectivity index (χ1n) is 8.19. The van der Waals surface area contributed by atoms with Crippen LogP contribution in [0.3, 0.4) is 0 Å². The lowest BCUT2D eigenvalue weighted by Gasteiger charge is -2.08. The summed E-state index contributed by atoms with van der Waals surface area (Å²) in [6, 6.07) is 13.3. The number of nitrogens with one attached hydrogen (secondary N) is 2. The van der Waals surface area contributed by atoms with E-state index < -0.39 is 0 Å². The lowest BCUT2D eigenvalue weighted by Crippen LogP contribution is -2.34. The van der Waals surface area contributed by atoms with E-state index in [9.17, 15) is 9.18 Å². The van der Waals surface area contributed by atoms with E-state index in [1.165, 1.54) is 25.0 Å². The highest BCUT2D eigenvalue weighted by molar-refractivity contribution is 5.85. The van der Waals surface area contributed by atoms with Crippen molar-refractivity contribution in [3.8, 4) is 11.5 Å². The molecule has 1 aliphatic carbocycles. The first kappa shape index (κ1) is 19.2. The van der Waals surface area contributed by atoms with Crippen LogP contribution in [0.2, 0.25) is 0 Å². The van der Waals surface area contributed by atoms with E-state index in [4.69, 9.17) is 4.74 Å². The van der Waals surface area contributed by atoms with Crippen molar-refractivity contribution in [3.05, 3.63) is 59.9 Å². The Morgan fingerprint density at radius 3 is 2.24 bits per heavy atom. The number of hydrogen-bond donors (Lipinski definition) is 2. The van der Waals surface area contributed by atoms with Crippen molar-refractivity contribution in [3.63, 3.8) is 0 Å². The van der Waals surface area contributed by atoms with Crippen molar-refractivity contribution >= 4 is 18.3 Å². The van der Waals surface area contributed by atoms with Gasteiger partial charge < -0.3 is 15.4 Å². The maximum absolute atomic E-state index is 12.9. The summed E-state index contributed by atoms with van der Waals surface area (Å²) >= 11 is 0. The van der Waals surface area contributed by atoms with Gasteiger partial charge in [0.15, 0.2) is 0 Å². The molecule has 3 rings (SSSR count). The van der Waals surface area contributed by atoms with E-state index in [1.807, 2.05) is 24.3 Å². The summed E-state index contributed by atoms with van der Waals surface area (Å²) in [7, 11) is 0. The summed E-state index contributed by atoms with van der Waals surface area (Å²) in [6.45, 7) is 1.78. The minimum Gasteiger partial charge on any atom is -0.457 e. The van der Waals surface area contributed by atoms with E-state index in [0.717, 1.165) is 18.0 Å². The Bertz CT molecular complexity index is 673. The predicted molar refractivity (Wildman–Crippen MR) is 97.6 cm³/mol. The quantitative estimate of drug-likeness (QED) is 0.751. The van der Waals surface area contributed by atoms with Crippen LogP contribution in [0.25, 0.3) is 0 Å². The van der Waals surface area contributed by atoms with Crippen molar-refractivity contribution < 1.29 is 13.9 Å². The highest BCUT2D eigenvalue weighted by Gasteiger charge is 2.20. The molecular weight excluding hydrogens is 343 g/mol. The monoisotopic (exact) mass is 364 g/mol. The number of ether oxygens (including phenoxy) is 1. The van der Waals surface area contributed by atoms with Crippen LogP contribution in [-0.2, 0) is 11.3 Å². The molecule has 134 valence electrons. The Balaban J connectivity index is 0.00000225. The molecule has 1 amide bonds. The second kappa shape index (κ2) is 9.39. The lowest BCUT2D eigenvalue weighted by molar-refractivity contribution is -0.120. The van der Waals surface area contributed by atoms with Crippen molar-refractivity contribution in [2.24, 2.45) is 5.92 Å². The molecule has 0 aliphatic heterocycles. The van der Waals surface area contributed by atoms with E-state index in [0.29, 0.717) is 24.6 Å². The Hall–Kier alpha value is -2.11. The Morgan fingerprint density at radius 1 is 1.04 bits per heavy atom. The molecule has 25 heavy (non-hydrogen) atoms. The molecular formula is C19H22ClFN2O2. The molecule has 0 spiro atoms. The lowest BCUT2D eigenvalue weighted by atomic mass is 10.2. The van der Waals surface area contributed by atoms with Crippen LogP contribution in [0, 0.1) is 11.7 Å². The van der Waals surface area contributed by atoms with Gasteiger partial charge in [-0.15, -0.1) is 12.4 Å². The van der Waals surface area contributed by atoms with Gasteiger partial charge >= 0.3 is 0 Å². The third-order valence-electron chi connectivity index (χ3n) is 3.88. The zero-order valence-electron chi connectivity index (χ0n) is 13.8. The summed E-state index contributed by atoms with van der Waals surface area (Å²) in [5.74, 6) is 1.73. The van der Waals surface area contributed by atoms with Crippen LogP contribution in [0.15, 0.2) is 48.5 Å². The van der Waals surface area contributed by atoms with Gasteiger partial charge in [0.25, 0.3) is 0 Å². The van der Waals surface area contributed by atoms with Gasteiger partial charge in [-0.1, -0.05) is 12.1 Å². The minimum atomic E-state index is -0.292. The molecule has 1 saturated carbocycles. The number of amides is 1. The molecule has 2 N–H and O–H groups in total. The summed E-state index contributed by atoms with van der Waals surface area (Å²) in [5, 5.41) is 6.05. The van der Waals surface area contributed by atoms with Crippen LogP contribution >= 0.6 is 12.4 Å². The second-order valence-electron chi connectivity index (χ2n) is 6.05. The molecule has 2 aromatic carbocycles. The van der Waals surface area contributed by atoms with Crippen LogP contribution in [0.4, 0.5) is 4.39 Å². The number of rotatable bonds is 8. The molecule has 0 bridgehead atoms. The largest absolute Gasteiger partial charge is 0.457 e. The number of halogens is 2. The molecule has 0 unspecified atom stereocenters. The third-order valence-corrected chi connectivity index (χ3v) is 3.88. The maximum atomic E-state index is 12.9. The Labute approximate surface area is 153 Å². The molecule has 0 aromatic heterocycles. The molecule has 1 aliphatic rings. The van der Waals surface area contributed by atoms with Gasteiger partial charge in [-0.25, -0.2) is 4.39 Å². The van der Waals surface area contributed by atoms with Crippen LogP contribution in [-0.4, -0.2) is 19.0 Å². The van der Waals surface area contributed by atoms with Crippen molar-refractivity contribution in [2.75, 3.05) is 13.1 Å². The van der Waals surface area contributed by atoms with E-state index in [1.54, 1.807) is 12.1 Å². The van der Waals surface area contributed by atoms with Gasteiger partial charge in [-0.05, 0) is 67.3 Å². The zero-order valence-corrected chi connectivity index (χ0v) is 14.7. The summed E-state index contributed by atoms with van der Waals surface area (Å²) in [4.78, 5) is 11.7. The van der Waals surface area contributed by atoms with E-state index in [-0.39, 0.29) is 24.1 Å². The number of benzene rings is 2. The van der Waals surface area contributed by atoms with Gasteiger partial charge in [0.1, 0.15) is 17.3 Å². The summed E-state index contributed by atoms with van der Waals surface area (Å²) in [5.41, 5.74) is 0.997. The first-order valence-corrected chi connectivity index (χ1v) is 8.19. The molecule has 0 atom stereocenters. The van der Waals surface area contributed by atoms with Crippen molar-refractivity contribution in [2.45, 2.75) is 19.4 Å². The molecule has 0 saturated heterocycles. The smallest absolute Gasteiger partial charge is 0.234 e. The van der Waals surface area contributed by atoms with Gasteiger partial charge in [0.2, 0.25) is 5.91 Å². The highest BCUT2D eigenvalue weighted by atomic mass is 35.5. The molecule has 0 radical (unpaired) electrons. The van der Waals surface area contributed by atoms with Crippen molar-refractivity contribution in [1.29, 1.82) is 0 Å². The number of carbonyl (C=O) groups excluding carboxylic acids is 1. The molecule has 2 aromatic rings. The maximum Gasteiger partial charge on any atom is 0.234 e. The fraction of sp³-hybridized carbons (Fsp3) is 0.316. The van der Waals surface area contributed by atoms with Crippen LogP contribution in [0.1, 0.15) is 18.4 Å². The van der Waals surface area contributed by atoms with Crippen molar-refractivity contribution in [1.82, 2.24) is 10.6 Å². The fourth-order valence-electron chi connectivity index (χ4n) is 2.29. The number of carbonyl (C=O) groups is 1. The number of hydrogen-bond acceptors (Lipinski definition) is 3. The Morgan fingerprint density at radius 2 is 1.64 bits per heavy atom. The fourth-order valence-corrected chi connectivity index (χ4v) is 2.29. The van der Waals surface area contributed by atoms with E-state index >= 15 is 0 Å². The van der Waals surface area contributed by atoms with Gasteiger partial charge in [0, 0.05) is 6.54 Å². The molecule has 1 fully saturated rings. The summed E-state index contributed by atoms with van der Waals surface area (Å²) < 4.78 is 18.5. The Kier molecular flexibility index (Phi) is 7.22. The SMILES string of the molecule is Cl.O=C(CNCC1CC1)NCc1ccc(Oc2ccc(F)cc2)cc1. The molecule has 6 heteroatoms. The first-order chi connectivity index (χ1) is 11.7. The van der Waals surface area contributed by atoms with Gasteiger partial charge in [-0.3, -0.25) is 4.79 Å². The third kappa shape index (κ3) is 6.72. The normalized spacial score (nSPS) is 13.0. The average Bonchev–Trinajstić information content (AvgIpc) is 3.41. The average molecular weight is 365 g/mol. The standard InChI is InChI=1S/C19H21FN2O2.ClH/c20-16-5-9-18(10-6-16)24-17-7-3-15(4-8-17)12-22-19(23)13-21-11-14-1-2-14;/h3-10,14,21H,1-2,11-13H2,(H,22,23);1H. The van der Waals surface area contributed by atoms with Gasteiger partial charge in [0.05, 0.1) is 6.54 Å². The molecule has 0 heterocycles. The molecule has 4 nitrogen and oxygen atoms in total. The van der Waals surface area contributed by atoms with E-state index in [2.05, 4.69) is 10.6 Å². The zero-order chi connectivity index (χ0) is 16.8. The van der Waals surface area contributed by atoms with Crippen LogP contribution < -0.4 is 15.4 Å². The summed E-state index contributed by atoms with van der Waals surface area (Å²) in [6.07, 6.45) is 2.56. The van der Waals surface area contributed by atoms with Gasteiger partial charge in [-0.2, -0.15) is 0 Å². The second-order valence-corrected chi connectivity index (χ2v) is 6.05. The van der Waals surface area contributed by atoms with Crippen LogP contribution in [0.5, 0.6) is 11.5 Å². The minimum absolute atomic E-state index is 0. The highest BCUT2D eigenvalue weighted by Crippen LogP contribution is 2.27. The predicted octanol–water partition coefficient (Wildman–Crippen LogP) is 3.66.